The lowest BCUT2D eigenvalue weighted by Crippen LogP contribution is -2.13. The van der Waals surface area contributed by atoms with E-state index < -0.39 is 6.09 Å². The number of hydrogen-bond acceptors (Lipinski definition) is 2. The molecule has 0 aliphatic carbocycles. The third-order valence-electron chi connectivity index (χ3n) is 1.08. The van der Waals surface area contributed by atoms with Crippen molar-refractivity contribution in [2.24, 2.45) is 5.41 Å². The summed E-state index contributed by atoms with van der Waals surface area (Å²) in [5.74, 6) is 0. The highest BCUT2D eigenvalue weighted by Crippen LogP contribution is 2.16. The van der Waals surface area contributed by atoms with Crippen LogP contribution < -0.4 is 5.32 Å². The van der Waals surface area contributed by atoms with Crippen LogP contribution in [0.1, 0.15) is 27.2 Å². The Kier molecular flexibility index (Phi) is 7.94. The zero-order valence-corrected chi connectivity index (χ0v) is 8.22. The molecule has 4 heteroatoms. The summed E-state index contributed by atoms with van der Waals surface area (Å²) >= 11 is 0. The van der Waals surface area contributed by atoms with Crippen molar-refractivity contribution < 1.29 is 15.0 Å². The molecule has 12 heavy (non-hydrogen) atoms. The molecule has 0 bridgehead atoms. The van der Waals surface area contributed by atoms with Gasteiger partial charge in [0, 0.05) is 13.7 Å². The first-order valence-corrected chi connectivity index (χ1v) is 3.85. The third-order valence-corrected chi connectivity index (χ3v) is 1.08. The van der Waals surface area contributed by atoms with Gasteiger partial charge in [-0.15, -0.1) is 0 Å². The van der Waals surface area contributed by atoms with Gasteiger partial charge in [0.1, 0.15) is 0 Å². The molecule has 0 spiro atoms. The summed E-state index contributed by atoms with van der Waals surface area (Å²) in [6, 6.07) is 0. The van der Waals surface area contributed by atoms with Gasteiger partial charge in [-0.3, -0.25) is 0 Å². The molecule has 1 amide bonds. The Morgan fingerprint density at radius 1 is 1.42 bits per heavy atom. The third kappa shape index (κ3) is 22.9. The average Bonchev–Trinajstić information content (AvgIpc) is 1.86. The highest BCUT2D eigenvalue weighted by Gasteiger charge is 2.06. The van der Waals surface area contributed by atoms with Gasteiger partial charge in [0.05, 0.1) is 0 Å². The molecule has 0 heterocycles. The maximum atomic E-state index is 9.26. The van der Waals surface area contributed by atoms with Gasteiger partial charge < -0.3 is 15.5 Å². The molecule has 0 aliphatic rings. The average molecular weight is 177 g/mol. The minimum atomic E-state index is -0.995. The molecule has 0 aromatic rings. The van der Waals surface area contributed by atoms with Crippen LogP contribution in [0, 0.1) is 5.41 Å². The van der Waals surface area contributed by atoms with Crippen molar-refractivity contribution in [1.82, 2.24) is 5.32 Å². The number of amides is 1. The second kappa shape index (κ2) is 6.91. The first-order chi connectivity index (χ1) is 5.33. The Morgan fingerprint density at radius 2 is 1.75 bits per heavy atom. The molecule has 0 unspecified atom stereocenters. The minimum Gasteiger partial charge on any atom is -0.465 e. The molecule has 4 nitrogen and oxygen atoms in total. The maximum Gasteiger partial charge on any atom is 0.404 e. The van der Waals surface area contributed by atoms with Crippen molar-refractivity contribution in [1.29, 1.82) is 0 Å². The van der Waals surface area contributed by atoms with Gasteiger partial charge in [-0.05, 0) is 11.8 Å². The summed E-state index contributed by atoms with van der Waals surface area (Å²) in [6.07, 6.45) is -0.0995. The molecule has 0 atom stereocenters. The summed E-state index contributed by atoms with van der Waals surface area (Å²) in [7, 11) is 1.35. The van der Waals surface area contributed by atoms with E-state index in [4.69, 9.17) is 10.2 Å². The molecule has 0 fully saturated rings. The van der Waals surface area contributed by atoms with Gasteiger partial charge in [0.25, 0.3) is 0 Å². The molecule has 0 saturated carbocycles. The molecular formula is C8H19NO3. The summed E-state index contributed by atoms with van der Waals surface area (Å²) < 4.78 is 0. The summed E-state index contributed by atoms with van der Waals surface area (Å²) in [5, 5.41) is 18.0. The quantitative estimate of drug-likeness (QED) is 0.565. The molecule has 74 valence electrons. The Hall–Kier alpha value is -0.770. The van der Waals surface area contributed by atoms with Crippen molar-refractivity contribution in [3.8, 4) is 0 Å². The molecule has 0 aliphatic heterocycles. The number of nitrogens with one attached hydrogen (secondary N) is 1. The standard InChI is InChI=1S/C6H14O.C2H5NO2/c1-6(2,3)4-5-7;1-3-2(4)5/h7H,4-5H2,1-3H3;3H,1H3,(H,4,5). The van der Waals surface area contributed by atoms with Crippen molar-refractivity contribution in [3.05, 3.63) is 0 Å². The highest BCUT2D eigenvalue weighted by molar-refractivity contribution is 5.63. The first-order valence-electron chi connectivity index (χ1n) is 3.85. The Labute approximate surface area is 73.6 Å². The van der Waals surface area contributed by atoms with Gasteiger partial charge in [-0.25, -0.2) is 4.79 Å². The van der Waals surface area contributed by atoms with Crippen LogP contribution in [0.15, 0.2) is 0 Å². The van der Waals surface area contributed by atoms with Gasteiger partial charge in [0.2, 0.25) is 0 Å². The number of aliphatic hydroxyl groups excluding tert-OH is 1. The Bertz CT molecular complexity index is 118. The van der Waals surface area contributed by atoms with Crippen LogP contribution in [-0.2, 0) is 0 Å². The second-order valence-corrected chi connectivity index (χ2v) is 3.59. The van der Waals surface area contributed by atoms with E-state index in [0.29, 0.717) is 12.0 Å². The molecule has 0 aromatic carbocycles. The van der Waals surface area contributed by atoms with Crippen LogP contribution in [0.4, 0.5) is 4.79 Å². The Morgan fingerprint density at radius 3 is 1.75 bits per heavy atom. The van der Waals surface area contributed by atoms with Crippen molar-refractivity contribution >= 4 is 6.09 Å². The molecule has 0 rings (SSSR count). The van der Waals surface area contributed by atoms with Gasteiger partial charge in [-0.2, -0.15) is 0 Å². The number of hydrogen-bond donors (Lipinski definition) is 3. The normalized spacial score (nSPS) is 9.75. The monoisotopic (exact) mass is 177 g/mol. The minimum absolute atomic E-state index is 0.300. The van der Waals surface area contributed by atoms with E-state index in [1.165, 1.54) is 7.05 Å². The van der Waals surface area contributed by atoms with E-state index in [1.807, 2.05) is 5.32 Å². The Balaban J connectivity index is 0. The molecule has 0 saturated heterocycles. The predicted molar refractivity (Wildman–Crippen MR) is 48.2 cm³/mol. The van der Waals surface area contributed by atoms with Crippen LogP contribution in [-0.4, -0.2) is 30.0 Å². The van der Waals surface area contributed by atoms with E-state index in [2.05, 4.69) is 20.8 Å². The molecule has 0 aromatic heterocycles. The van der Waals surface area contributed by atoms with Crippen molar-refractivity contribution in [2.75, 3.05) is 13.7 Å². The lowest BCUT2D eigenvalue weighted by Gasteiger charge is -2.14. The van der Waals surface area contributed by atoms with E-state index in [9.17, 15) is 4.79 Å². The van der Waals surface area contributed by atoms with E-state index in [1.54, 1.807) is 0 Å². The smallest absolute Gasteiger partial charge is 0.404 e. The van der Waals surface area contributed by atoms with Crippen molar-refractivity contribution in [2.45, 2.75) is 27.2 Å². The number of carbonyl (C=O) groups is 1. The van der Waals surface area contributed by atoms with Crippen molar-refractivity contribution in [3.63, 3.8) is 0 Å². The highest BCUT2D eigenvalue weighted by atomic mass is 16.4. The summed E-state index contributed by atoms with van der Waals surface area (Å²) in [6.45, 7) is 6.65. The fraction of sp³-hybridized carbons (Fsp3) is 0.875. The maximum absolute atomic E-state index is 9.26. The predicted octanol–water partition coefficient (Wildman–Crippen LogP) is 1.30. The number of aliphatic hydroxyl groups is 1. The SMILES string of the molecule is CC(C)(C)CCO.CNC(=O)O. The molecule has 3 N–H and O–H groups in total. The van der Waals surface area contributed by atoms with Crippen LogP contribution >= 0.6 is 0 Å². The molecular weight excluding hydrogens is 158 g/mol. The van der Waals surface area contributed by atoms with Gasteiger partial charge >= 0.3 is 6.09 Å². The second-order valence-electron chi connectivity index (χ2n) is 3.59. The van der Waals surface area contributed by atoms with E-state index in [0.717, 1.165) is 6.42 Å². The van der Waals surface area contributed by atoms with E-state index in [-0.39, 0.29) is 0 Å². The number of carboxylic acid groups (broad SMARTS) is 1. The van der Waals surface area contributed by atoms with Gasteiger partial charge in [-0.1, -0.05) is 20.8 Å². The van der Waals surface area contributed by atoms with E-state index >= 15 is 0 Å². The van der Waals surface area contributed by atoms with Crippen LogP contribution in [0.25, 0.3) is 0 Å². The van der Waals surface area contributed by atoms with Crippen LogP contribution in [0.5, 0.6) is 0 Å². The van der Waals surface area contributed by atoms with Crippen LogP contribution in [0.3, 0.4) is 0 Å². The number of rotatable bonds is 1. The summed E-state index contributed by atoms with van der Waals surface area (Å²) in [4.78, 5) is 9.26. The summed E-state index contributed by atoms with van der Waals surface area (Å²) in [5.41, 5.74) is 0.300. The van der Waals surface area contributed by atoms with Gasteiger partial charge in [0.15, 0.2) is 0 Å². The zero-order valence-electron chi connectivity index (χ0n) is 8.22. The van der Waals surface area contributed by atoms with Crippen LogP contribution in [0.2, 0.25) is 0 Å². The largest absolute Gasteiger partial charge is 0.465 e. The fourth-order valence-electron chi connectivity index (χ4n) is 0.335. The first kappa shape index (κ1) is 13.8. The lowest BCUT2D eigenvalue weighted by molar-refractivity contribution is 0.197. The zero-order chi connectivity index (χ0) is 10.2. The lowest BCUT2D eigenvalue weighted by atomic mass is 9.93. The topological polar surface area (TPSA) is 69.6 Å². The molecule has 0 radical (unpaired) electrons. The fourth-order valence-corrected chi connectivity index (χ4v) is 0.335.